The number of amides is 3. The second kappa shape index (κ2) is 10.4. The number of thiazole rings is 1. The number of pyridine rings is 1. The molecule has 0 bridgehead atoms. The lowest BCUT2D eigenvalue weighted by Gasteiger charge is -2.35. The lowest BCUT2D eigenvalue weighted by Crippen LogP contribution is -2.55. The van der Waals surface area contributed by atoms with Gasteiger partial charge in [-0.05, 0) is 48.9 Å². The molecular weight excluding hydrogens is 486 g/mol. The second-order valence-electron chi connectivity index (χ2n) is 9.99. The maximum atomic E-state index is 13.8. The number of carbonyl (C=O) groups excluding carboxylic acids is 3. The molecule has 8 nitrogen and oxygen atoms in total. The third kappa shape index (κ3) is 4.87. The van der Waals surface area contributed by atoms with Crippen LogP contribution in [0.4, 0.5) is 0 Å². The van der Waals surface area contributed by atoms with Crippen LogP contribution in [-0.2, 0) is 22.7 Å². The number of hydrogen-bond donors (Lipinski definition) is 1. The first kappa shape index (κ1) is 25.1. The largest absolute Gasteiger partial charge is 0.350 e. The lowest BCUT2D eigenvalue weighted by molar-refractivity contribution is -0.143. The average molecular weight is 518 g/mol. The summed E-state index contributed by atoms with van der Waals surface area (Å²) in [6.45, 7) is 7.08. The van der Waals surface area contributed by atoms with E-state index in [9.17, 15) is 14.4 Å². The van der Waals surface area contributed by atoms with Gasteiger partial charge in [0.15, 0.2) is 0 Å². The van der Waals surface area contributed by atoms with Crippen LogP contribution in [0.2, 0.25) is 0 Å². The van der Waals surface area contributed by atoms with Crippen molar-refractivity contribution in [1.82, 2.24) is 25.1 Å². The maximum Gasteiger partial charge on any atom is 0.256 e. The van der Waals surface area contributed by atoms with Gasteiger partial charge < -0.3 is 15.1 Å². The Bertz CT molecular complexity index is 1320. The molecule has 0 aliphatic carbocycles. The molecule has 4 heterocycles. The van der Waals surface area contributed by atoms with Gasteiger partial charge in [-0.3, -0.25) is 19.4 Å². The number of aryl methyl sites for hydroxylation is 1. The molecule has 2 atom stereocenters. The zero-order chi connectivity index (χ0) is 26.1. The fourth-order valence-corrected chi connectivity index (χ4v) is 6.09. The minimum absolute atomic E-state index is 0.101. The third-order valence-electron chi connectivity index (χ3n) is 7.19. The number of fused-ring (bicyclic) bond motifs is 1. The van der Waals surface area contributed by atoms with Crippen molar-refractivity contribution in [3.63, 3.8) is 0 Å². The van der Waals surface area contributed by atoms with Gasteiger partial charge in [-0.1, -0.05) is 38.1 Å². The average Bonchev–Trinajstić information content (AvgIpc) is 3.63. The first-order chi connectivity index (χ1) is 17.8. The van der Waals surface area contributed by atoms with Crippen LogP contribution < -0.4 is 5.32 Å². The molecule has 1 aromatic carbocycles. The summed E-state index contributed by atoms with van der Waals surface area (Å²) in [5.74, 6) is -0.602. The Morgan fingerprint density at radius 2 is 1.95 bits per heavy atom. The molecule has 3 aromatic rings. The Kier molecular flexibility index (Phi) is 7.06. The first-order valence-corrected chi connectivity index (χ1v) is 13.6. The number of nitrogens with one attached hydrogen (secondary N) is 1. The van der Waals surface area contributed by atoms with Crippen LogP contribution in [0.15, 0.2) is 48.1 Å². The number of nitrogens with zero attached hydrogens (tertiary/aromatic N) is 4. The van der Waals surface area contributed by atoms with E-state index in [0.29, 0.717) is 37.3 Å². The highest BCUT2D eigenvalue weighted by molar-refractivity contribution is 7.13. The normalized spacial score (nSPS) is 17.8. The Morgan fingerprint density at radius 3 is 2.62 bits per heavy atom. The van der Waals surface area contributed by atoms with E-state index in [-0.39, 0.29) is 23.6 Å². The molecule has 0 radical (unpaired) electrons. The van der Waals surface area contributed by atoms with Gasteiger partial charge in [-0.25, -0.2) is 4.98 Å². The molecular formula is C28H31N5O3S. The molecule has 3 amide bonds. The molecule has 1 fully saturated rings. The van der Waals surface area contributed by atoms with E-state index in [1.807, 2.05) is 50.5 Å². The van der Waals surface area contributed by atoms with Crippen molar-refractivity contribution in [1.29, 1.82) is 0 Å². The number of carbonyl (C=O) groups is 3. The molecule has 9 heteroatoms. The SMILES string of the molecule is Cc1ncsc1-c1ccc(CNC(=O)C2CCCN2C(=O)C(C(C)C)N2Cc3ncccc3C2=O)cc1. The van der Waals surface area contributed by atoms with Gasteiger partial charge in [0.05, 0.1) is 33.9 Å². The van der Waals surface area contributed by atoms with Gasteiger partial charge in [0.2, 0.25) is 11.8 Å². The Hall–Kier alpha value is -3.59. The molecule has 2 aromatic heterocycles. The first-order valence-electron chi connectivity index (χ1n) is 12.7. The minimum Gasteiger partial charge on any atom is -0.350 e. The topological polar surface area (TPSA) is 95.5 Å². The van der Waals surface area contributed by atoms with Crippen LogP contribution in [0.5, 0.6) is 0 Å². The highest BCUT2D eigenvalue weighted by atomic mass is 32.1. The zero-order valence-corrected chi connectivity index (χ0v) is 22.1. The summed E-state index contributed by atoms with van der Waals surface area (Å²) in [5, 5.41) is 3.02. The molecule has 37 heavy (non-hydrogen) atoms. The summed E-state index contributed by atoms with van der Waals surface area (Å²) < 4.78 is 0. The molecule has 0 spiro atoms. The molecule has 1 saturated heterocycles. The highest BCUT2D eigenvalue weighted by Gasteiger charge is 2.44. The molecule has 2 aliphatic heterocycles. The van der Waals surface area contributed by atoms with Crippen molar-refractivity contribution in [2.24, 2.45) is 5.92 Å². The van der Waals surface area contributed by atoms with Crippen LogP contribution >= 0.6 is 11.3 Å². The van der Waals surface area contributed by atoms with E-state index in [2.05, 4.69) is 15.3 Å². The van der Waals surface area contributed by atoms with Crippen molar-refractivity contribution in [3.8, 4) is 10.4 Å². The fourth-order valence-electron chi connectivity index (χ4n) is 5.28. The Labute approximate surface area is 220 Å². The van der Waals surface area contributed by atoms with Crippen LogP contribution in [0.3, 0.4) is 0 Å². The van der Waals surface area contributed by atoms with Crippen molar-refractivity contribution in [2.75, 3.05) is 6.54 Å². The summed E-state index contributed by atoms with van der Waals surface area (Å²) in [7, 11) is 0. The second-order valence-corrected chi connectivity index (χ2v) is 10.8. The molecule has 2 unspecified atom stereocenters. The van der Waals surface area contributed by atoms with E-state index in [0.717, 1.165) is 28.1 Å². The highest BCUT2D eigenvalue weighted by Crippen LogP contribution is 2.30. The standard InChI is InChI=1S/C28H31N5O3S/c1-17(2)24(33-15-22-21(27(33)35)6-4-12-29-22)28(36)32-13-5-7-23(32)26(34)30-14-19-8-10-20(11-9-19)25-18(3)31-16-37-25/h4,6,8-12,16-17,23-24H,5,7,13-15H2,1-3H3,(H,30,34). The number of likely N-dealkylation sites (tertiary alicyclic amines) is 1. The van der Waals surface area contributed by atoms with E-state index in [1.54, 1.807) is 39.5 Å². The fraction of sp³-hybridized carbons (Fsp3) is 0.393. The minimum atomic E-state index is -0.641. The third-order valence-corrected chi connectivity index (χ3v) is 8.17. The Balaban J connectivity index is 1.25. The quantitative estimate of drug-likeness (QED) is 0.514. The maximum absolute atomic E-state index is 13.8. The van der Waals surface area contributed by atoms with E-state index >= 15 is 0 Å². The molecule has 5 rings (SSSR count). The van der Waals surface area contributed by atoms with Gasteiger partial charge in [-0.2, -0.15) is 0 Å². The van der Waals surface area contributed by atoms with Gasteiger partial charge in [0.25, 0.3) is 5.91 Å². The van der Waals surface area contributed by atoms with Gasteiger partial charge in [0.1, 0.15) is 12.1 Å². The predicted octanol–water partition coefficient (Wildman–Crippen LogP) is 3.80. The Morgan fingerprint density at radius 1 is 1.16 bits per heavy atom. The summed E-state index contributed by atoms with van der Waals surface area (Å²) in [4.78, 5) is 53.1. The monoisotopic (exact) mass is 517 g/mol. The van der Waals surface area contributed by atoms with Crippen LogP contribution in [0, 0.1) is 12.8 Å². The predicted molar refractivity (Wildman–Crippen MR) is 142 cm³/mol. The van der Waals surface area contributed by atoms with Gasteiger partial charge in [0, 0.05) is 19.3 Å². The van der Waals surface area contributed by atoms with Crippen LogP contribution in [0.1, 0.15) is 54.0 Å². The van der Waals surface area contributed by atoms with E-state index in [1.165, 1.54) is 0 Å². The zero-order valence-electron chi connectivity index (χ0n) is 21.3. The number of benzene rings is 1. The lowest BCUT2D eigenvalue weighted by atomic mass is 10.0. The molecule has 192 valence electrons. The van der Waals surface area contributed by atoms with E-state index in [4.69, 9.17) is 0 Å². The number of aromatic nitrogens is 2. The summed E-state index contributed by atoms with van der Waals surface area (Å²) in [6.07, 6.45) is 3.03. The molecule has 0 saturated carbocycles. The molecule has 1 N–H and O–H groups in total. The van der Waals surface area contributed by atoms with Crippen molar-refractivity contribution < 1.29 is 14.4 Å². The van der Waals surface area contributed by atoms with Gasteiger partial charge >= 0.3 is 0 Å². The molecule has 2 aliphatic rings. The number of rotatable bonds is 7. The summed E-state index contributed by atoms with van der Waals surface area (Å²) in [5.41, 5.74) is 6.19. The number of hydrogen-bond acceptors (Lipinski definition) is 6. The van der Waals surface area contributed by atoms with Crippen molar-refractivity contribution in [2.45, 2.75) is 58.8 Å². The van der Waals surface area contributed by atoms with Gasteiger partial charge in [-0.15, -0.1) is 11.3 Å². The van der Waals surface area contributed by atoms with Crippen LogP contribution in [0.25, 0.3) is 10.4 Å². The van der Waals surface area contributed by atoms with Crippen LogP contribution in [-0.4, -0.2) is 56.1 Å². The smallest absolute Gasteiger partial charge is 0.256 e. The van der Waals surface area contributed by atoms with Crippen molar-refractivity contribution in [3.05, 3.63) is 70.6 Å². The summed E-state index contributed by atoms with van der Waals surface area (Å²) in [6, 6.07) is 10.4. The van der Waals surface area contributed by atoms with E-state index < -0.39 is 12.1 Å². The van der Waals surface area contributed by atoms with Crippen molar-refractivity contribution >= 4 is 29.1 Å². The summed E-state index contributed by atoms with van der Waals surface area (Å²) >= 11 is 1.61.